The molecule has 0 bridgehead atoms. The van der Waals surface area contributed by atoms with Gasteiger partial charge in [0, 0.05) is 21.7 Å². The molecule has 0 amide bonds. The van der Waals surface area contributed by atoms with E-state index in [4.69, 9.17) is 17.3 Å². The highest BCUT2D eigenvalue weighted by Crippen LogP contribution is 2.24. The summed E-state index contributed by atoms with van der Waals surface area (Å²) < 4.78 is 0. The van der Waals surface area contributed by atoms with Gasteiger partial charge in [0.05, 0.1) is 0 Å². The van der Waals surface area contributed by atoms with Crippen molar-refractivity contribution < 1.29 is 0 Å². The van der Waals surface area contributed by atoms with Crippen LogP contribution in [0.25, 0.3) is 0 Å². The predicted molar refractivity (Wildman–Crippen MR) is 80.1 cm³/mol. The van der Waals surface area contributed by atoms with Crippen molar-refractivity contribution in [3.8, 4) is 0 Å². The van der Waals surface area contributed by atoms with Gasteiger partial charge in [0.15, 0.2) is 0 Å². The van der Waals surface area contributed by atoms with Gasteiger partial charge in [-0.3, -0.25) is 0 Å². The lowest BCUT2D eigenvalue weighted by molar-refractivity contribution is 0.817. The second kappa shape index (κ2) is 6.28. The molecular weight excluding hydrogens is 262 g/mol. The predicted octanol–water partition coefficient (Wildman–Crippen LogP) is 4.65. The summed E-state index contributed by atoms with van der Waals surface area (Å²) in [7, 11) is 0. The number of rotatable bonds is 4. The molecule has 0 aliphatic carbocycles. The molecule has 0 radical (unpaired) electrons. The van der Waals surface area contributed by atoms with E-state index >= 15 is 0 Å². The maximum Gasteiger partial charge on any atom is 0.0406 e. The zero-order valence-electron chi connectivity index (χ0n) is 10.3. The van der Waals surface area contributed by atoms with Crippen LogP contribution in [0.15, 0.2) is 53.4 Å². The topological polar surface area (TPSA) is 26.0 Å². The summed E-state index contributed by atoms with van der Waals surface area (Å²) >= 11 is 7.67. The Morgan fingerprint density at radius 3 is 2.22 bits per heavy atom. The molecule has 0 fully saturated rings. The standard InChI is InChI=1S/C15H16ClNS/c1-11(17)13-4-8-15(9-5-13)18-10-12-2-6-14(16)7-3-12/h2-9,11H,10,17H2,1H3. The lowest BCUT2D eigenvalue weighted by Gasteiger charge is -2.07. The molecule has 1 nitrogen and oxygen atoms in total. The normalized spacial score (nSPS) is 12.4. The maximum absolute atomic E-state index is 5.86. The number of halogens is 1. The third-order valence-electron chi connectivity index (χ3n) is 2.72. The number of benzene rings is 2. The van der Waals surface area contributed by atoms with Crippen LogP contribution in [0.4, 0.5) is 0 Å². The van der Waals surface area contributed by atoms with Crippen LogP contribution in [-0.4, -0.2) is 0 Å². The zero-order valence-corrected chi connectivity index (χ0v) is 11.8. The minimum absolute atomic E-state index is 0.0975. The van der Waals surface area contributed by atoms with E-state index in [0.717, 1.165) is 10.8 Å². The minimum atomic E-state index is 0.0975. The van der Waals surface area contributed by atoms with Crippen LogP contribution in [0, 0.1) is 0 Å². The van der Waals surface area contributed by atoms with Crippen LogP contribution in [0.1, 0.15) is 24.1 Å². The Morgan fingerprint density at radius 2 is 1.67 bits per heavy atom. The molecule has 94 valence electrons. The summed E-state index contributed by atoms with van der Waals surface area (Å²) in [6.07, 6.45) is 0. The summed E-state index contributed by atoms with van der Waals surface area (Å²) in [6.45, 7) is 2.00. The zero-order chi connectivity index (χ0) is 13.0. The molecule has 2 rings (SSSR count). The van der Waals surface area contributed by atoms with Crippen LogP contribution in [-0.2, 0) is 5.75 Å². The van der Waals surface area contributed by atoms with E-state index in [1.54, 1.807) is 0 Å². The molecule has 18 heavy (non-hydrogen) atoms. The van der Waals surface area contributed by atoms with Gasteiger partial charge in [0.1, 0.15) is 0 Å². The first-order valence-corrected chi connectivity index (χ1v) is 7.24. The first-order chi connectivity index (χ1) is 8.65. The average molecular weight is 278 g/mol. The van der Waals surface area contributed by atoms with Crippen molar-refractivity contribution in [2.45, 2.75) is 23.6 Å². The van der Waals surface area contributed by atoms with Crippen molar-refractivity contribution in [1.29, 1.82) is 0 Å². The van der Waals surface area contributed by atoms with Gasteiger partial charge in [0.2, 0.25) is 0 Å². The van der Waals surface area contributed by atoms with E-state index in [9.17, 15) is 0 Å². The Kier molecular flexibility index (Phi) is 4.70. The molecule has 2 aromatic rings. The van der Waals surface area contributed by atoms with E-state index in [1.807, 2.05) is 30.8 Å². The van der Waals surface area contributed by atoms with Gasteiger partial charge in [-0.15, -0.1) is 11.8 Å². The van der Waals surface area contributed by atoms with Crippen LogP contribution in [0.2, 0.25) is 5.02 Å². The molecule has 0 aromatic heterocycles. The fourth-order valence-electron chi connectivity index (χ4n) is 1.61. The fraction of sp³-hybridized carbons (Fsp3) is 0.200. The highest BCUT2D eigenvalue weighted by Gasteiger charge is 2.00. The van der Waals surface area contributed by atoms with Crippen LogP contribution >= 0.6 is 23.4 Å². The van der Waals surface area contributed by atoms with Gasteiger partial charge in [-0.2, -0.15) is 0 Å². The van der Waals surface area contributed by atoms with E-state index in [-0.39, 0.29) is 6.04 Å². The van der Waals surface area contributed by atoms with Gasteiger partial charge >= 0.3 is 0 Å². The lowest BCUT2D eigenvalue weighted by Crippen LogP contribution is -2.04. The Hall–Kier alpha value is -0.960. The maximum atomic E-state index is 5.86. The largest absolute Gasteiger partial charge is 0.324 e. The summed E-state index contributed by atoms with van der Waals surface area (Å²) in [6, 6.07) is 16.5. The van der Waals surface area contributed by atoms with Crippen molar-refractivity contribution in [3.05, 3.63) is 64.7 Å². The smallest absolute Gasteiger partial charge is 0.0406 e. The van der Waals surface area contributed by atoms with Crippen molar-refractivity contribution in [1.82, 2.24) is 0 Å². The van der Waals surface area contributed by atoms with E-state index in [2.05, 4.69) is 36.4 Å². The van der Waals surface area contributed by atoms with Crippen molar-refractivity contribution in [3.63, 3.8) is 0 Å². The van der Waals surface area contributed by atoms with E-state index in [0.29, 0.717) is 0 Å². The molecule has 1 atom stereocenters. The van der Waals surface area contributed by atoms with Crippen molar-refractivity contribution in [2.75, 3.05) is 0 Å². The van der Waals surface area contributed by atoms with Crippen molar-refractivity contribution >= 4 is 23.4 Å². The monoisotopic (exact) mass is 277 g/mol. The van der Waals surface area contributed by atoms with Crippen molar-refractivity contribution in [2.24, 2.45) is 5.73 Å². The van der Waals surface area contributed by atoms with Gasteiger partial charge in [0.25, 0.3) is 0 Å². The minimum Gasteiger partial charge on any atom is -0.324 e. The molecule has 0 aliphatic heterocycles. The summed E-state index contributed by atoms with van der Waals surface area (Å²) in [5.41, 5.74) is 8.27. The molecule has 0 saturated carbocycles. The molecule has 0 spiro atoms. The Morgan fingerprint density at radius 1 is 1.06 bits per heavy atom. The van der Waals surface area contributed by atoms with Crippen LogP contribution in [0.5, 0.6) is 0 Å². The molecular formula is C15H16ClNS. The summed E-state index contributed by atoms with van der Waals surface area (Å²) in [4.78, 5) is 1.26. The Bertz CT molecular complexity index is 491. The lowest BCUT2D eigenvalue weighted by atomic mass is 10.1. The number of hydrogen-bond acceptors (Lipinski definition) is 2. The molecule has 3 heteroatoms. The number of nitrogens with two attached hydrogens (primary N) is 1. The molecule has 2 aromatic carbocycles. The Balaban J connectivity index is 1.95. The van der Waals surface area contributed by atoms with Gasteiger partial charge < -0.3 is 5.73 Å². The van der Waals surface area contributed by atoms with Gasteiger partial charge in [-0.1, -0.05) is 35.9 Å². The first-order valence-electron chi connectivity index (χ1n) is 5.88. The van der Waals surface area contributed by atoms with Crippen LogP contribution < -0.4 is 5.73 Å². The SMILES string of the molecule is CC(N)c1ccc(SCc2ccc(Cl)cc2)cc1. The van der Waals surface area contributed by atoms with Gasteiger partial charge in [-0.05, 0) is 42.3 Å². The average Bonchev–Trinajstić information content (AvgIpc) is 2.38. The summed E-state index contributed by atoms with van der Waals surface area (Å²) in [5.74, 6) is 0.953. The highest BCUT2D eigenvalue weighted by molar-refractivity contribution is 7.98. The molecule has 2 N–H and O–H groups in total. The molecule has 0 saturated heterocycles. The number of hydrogen-bond donors (Lipinski definition) is 1. The molecule has 1 unspecified atom stereocenters. The number of thioether (sulfide) groups is 1. The quantitative estimate of drug-likeness (QED) is 0.823. The second-order valence-corrected chi connectivity index (χ2v) is 5.76. The summed E-state index contributed by atoms with van der Waals surface area (Å²) in [5, 5.41) is 0.782. The third-order valence-corrected chi connectivity index (χ3v) is 4.06. The van der Waals surface area contributed by atoms with E-state index in [1.165, 1.54) is 16.0 Å². The van der Waals surface area contributed by atoms with Crippen LogP contribution in [0.3, 0.4) is 0 Å². The van der Waals surface area contributed by atoms with E-state index < -0.39 is 0 Å². The first kappa shape index (κ1) is 13.5. The van der Waals surface area contributed by atoms with Gasteiger partial charge in [-0.25, -0.2) is 0 Å². The third kappa shape index (κ3) is 3.77. The fourth-order valence-corrected chi connectivity index (χ4v) is 2.60. The molecule has 0 aliphatic rings. The molecule has 0 heterocycles. The highest BCUT2D eigenvalue weighted by atomic mass is 35.5. The second-order valence-electron chi connectivity index (χ2n) is 4.27. The Labute approximate surface area is 117 Å².